The number of nitrogens with one attached hydrogen (secondary N) is 1. The van der Waals surface area contributed by atoms with E-state index in [0.29, 0.717) is 6.54 Å². The minimum atomic E-state index is 0.0443. The molecule has 4 nitrogen and oxygen atoms in total. The molecule has 110 valence electrons. The van der Waals surface area contributed by atoms with Crippen molar-refractivity contribution in [2.75, 3.05) is 32.8 Å². The summed E-state index contributed by atoms with van der Waals surface area (Å²) in [5.41, 5.74) is 3.70. The summed E-state index contributed by atoms with van der Waals surface area (Å²) in [6, 6.07) is 6.38. The van der Waals surface area contributed by atoms with E-state index >= 15 is 0 Å². The minimum Gasteiger partial charge on any atom is -0.379 e. The summed E-state index contributed by atoms with van der Waals surface area (Å²) in [5.74, 6) is 0.0811. The summed E-state index contributed by atoms with van der Waals surface area (Å²) in [7, 11) is 0. The Labute approximate surface area is 121 Å². The highest BCUT2D eigenvalue weighted by Gasteiger charge is 2.16. The number of ether oxygens (including phenoxy) is 1. The van der Waals surface area contributed by atoms with Gasteiger partial charge in [-0.15, -0.1) is 0 Å². The maximum Gasteiger partial charge on any atom is 0.234 e. The van der Waals surface area contributed by atoms with Crippen LogP contribution in [0.3, 0.4) is 0 Å². The Balaban J connectivity index is 1.87. The second kappa shape index (κ2) is 6.86. The predicted octanol–water partition coefficient (Wildman–Crippen LogP) is 1.81. The van der Waals surface area contributed by atoms with Crippen molar-refractivity contribution >= 4 is 5.91 Å². The zero-order valence-corrected chi connectivity index (χ0v) is 12.6. The molecule has 1 fully saturated rings. The lowest BCUT2D eigenvalue weighted by Gasteiger charge is -2.26. The van der Waals surface area contributed by atoms with E-state index in [9.17, 15) is 4.79 Å². The lowest BCUT2D eigenvalue weighted by molar-refractivity contribution is -0.123. The molecule has 0 radical (unpaired) electrons. The van der Waals surface area contributed by atoms with Gasteiger partial charge in [0.2, 0.25) is 5.91 Å². The zero-order valence-electron chi connectivity index (χ0n) is 12.6. The summed E-state index contributed by atoms with van der Waals surface area (Å²) >= 11 is 0. The third-order valence-electron chi connectivity index (χ3n) is 3.88. The zero-order chi connectivity index (χ0) is 14.5. The number of benzene rings is 1. The SMILES string of the molecule is Cc1ccc([C@@H](C)NC(=O)CN2CCOCC2)cc1C. The highest BCUT2D eigenvalue weighted by atomic mass is 16.5. The Morgan fingerprint density at radius 1 is 1.30 bits per heavy atom. The van der Waals surface area contributed by atoms with E-state index in [4.69, 9.17) is 4.74 Å². The molecule has 4 heteroatoms. The lowest BCUT2D eigenvalue weighted by Crippen LogP contribution is -2.43. The number of amides is 1. The Bertz CT molecular complexity index is 468. The van der Waals surface area contributed by atoms with Crippen LogP contribution in [0.5, 0.6) is 0 Å². The van der Waals surface area contributed by atoms with Crippen molar-refractivity contribution in [2.45, 2.75) is 26.8 Å². The molecule has 1 saturated heterocycles. The number of carbonyl (C=O) groups excluding carboxylic acids is 1. The van der Waals surface area contributed by atoms with E-state index in [-0.39, 0.29) is 11.9 Å². The van der Waals surface area contributed by atoms with Crippen molar-refractivity contribution in [1.82, 2.24) is 10.2 Å². The molecule has 0 spiro atoms. The molecule has 0 bridgehead atoms. The van der Waals surface area contributed by atoms with Crippen molar-refractivity contribution in [3.63, 3.8) is 0 Å². The quantitative estimate of drug-likeness (QED) is 0.912. The van der Waals surface area contributed by atoms with Crippen LogP contribution in [0.25, 0.3) is 0 Å². The summed E-state index contributed by atoms with van der Waals surface area (Å²) in [4.78, 5) is 14.2. The van der Waals surface area contributed by atoms with Gasteiger partial charge in [0.15, 0.2) is 0 Å². The van der Waals surface area contributed by atoms with Gasteiger partial charge in [-0.25, -0.2) is 0 Å². The molecule has 20 heavy (non-hydrogen) atoms. The monoisotopic (exact) mass is 276 g/mol. The molecule has 1 aliphatic heterocycles. The number of morpholine rings is 1. The van der Waals surface area contributed by atoms with Gasteiger partial charge in [-0.05, 0) is 37.5 Å². The first-order chi connectivity index (χ1) is 9.56. The largest absolute Gasteiger partial charge is 0.379 e. The number of rotatable bonds is 4. The standard InChI is InChI=1S/C16H24N2O2/c1-12-4-5-15(10-13(12)2)14(3)17-16(19)11-18-6-8-20-9-7-18/h4-5,10,14H,6-9,11H2,1-3H3,(H,17,19)/t14-/m1/s1. The van der Waals surface area contributed by atoms with E-state index < -0.39 is 0 Å². The summed E-state index contributed by atoms with van der Waals surface area (Å²) < 4.78 is 5.28. The average molecular weight is 276 g/mol. The molecule has 1 atom stereocenters. The molecule has 0 saturated carbocycles. The number of hydrogen-bond acceptors (Lipinski definition) is 3. The molecule has 1 N–H and O–H groups in total. The normalized spacial score (nSPS) is 17.8. The van der Waals surface area contributed by atoms with Crippen molar-refractivity contribution < 1.29 is 9.53 Å². The Kier molecular flexibility index (Phi) is 5.15. The first-order valence-corrected chi connectivity index (χ1v) is 7.23. The minimum absolute atomic E-state index is 0.0443. The highest BCUT2D eigenvalue weighted by Crippen LogP contribution is 2.16. The summed E-state index contributed by atoms with van der Waals surface area (Å²) in [6.07, 6.45) is 0. The molecule has 0 aliphatic carbocycles. The van der Waals surface area contributed by atoms with Gasteiger partial charge in [0.25, 0.3) is 0 Å². The van der Waals surface area contributed by atoms with Gasteiger partial charge in [-0.2, -0.15) is 0 Å². The fourth-order valence-electron chi connectivity index (χ4n) is 2.37. The van der Waals surface area contributed by atoms with Crippen LogP contribution in [0, 0.1) is 13.8 Å². The van der Waals surface area contributed by atoms with Gasteiger partial charge in [-0.1, -0.05) is 18.2 Å². The molecule has 0 aromatic heterocycles. The second-order valence-electron chi connectivity index (χ2n) is 5.52. The van der Waals surface area contributed by atoms with Crippen LogP contribution in [0.1, 0.15) is 29.7 Å². The lowest BCUT2D eigenvalue weighted by atomic mass is 10.0. The fourth-order valence-corrected chi connectivity index (χ4v) is 2.37. The van der Waals surface area contributed by atoms with Crippen LogP contribution in [-0.4, -0.2) is 43.7 Å². The third-order valence-corrected chi connectivity index (χ3v) is 3.88. The maximum atomic E-state index is 12.1. The van der Waals surface area contributed by atoms with E-state index in [1.807, 2.05) is 6.92 Å². The molecule has 2 rings (SSSR count). The summed E-state index contributed by atoms with van der Waals surface area (Å²) in [6.45, 7) is 9.80. The summed E-state index contributed by atoms with van der Waals surface area (Å²) in [5, 5.41) is 3.07. The molecule has 1 amide bonds. The van der Waals surface area contributed by atoms with Crippen LogP contribution < -0.4 is 5.32 Å². The predicted molar refractivity (Wildman–Crippen MR) is 79.7 cm³/mol. The van der Waals surface area contributed by atoms with Crippen LogP contribution in [0.2, 0.25) is 0 Å². The van der Waals surface area contributed by atoms with E-state index in [1.165, 1.54) is 11.1 Å². The first-order valence-electron chi connectivity index (χ1n) is 7.23. The topological polar surface area (TPSA) is 41.6 Å². The molecule has 1 heterocycles. The van der Waals surface area contributed by atoms with Crippen LogP contribution >= 0.6 is 0 Å². The van der Waals surface area contributed by atoms with Crippen LogP contribution in [-0.2, 0) is 9.53 Å². The van der Waals surface area contributed by atoms with Gasteiger partial charge in [-0.3, -0.25) is 9.69 Å². The van der Waals surface area contributed by atoms with Crippen LogP contribution in [0.4, 0.5) is 0 Å². The number of aryl methyl sites for hydroxylation is 2. The number of nitrogens with zero attached hydrogens (tertiary/aromatic N) is 1. The first kappa shape index (κ1) is 15.0. The Hall–Kier alpha value is -1.39. The van der Waals surface area contributed by atoms with Crippen molar-refractivity contribution in [3.05, 3.63) is 34.9 Å². The van der Waals surface area contributed by atoms with Crippen molar-refractivity contribution in [1.29, 1.82) is 0 Å². The van der Waals surface area contributed by atoms with Gasteiger partial charge in [0.05, 0.1) is 25.8 Å². The van der Waals surface area contributed by atoms with Gasteiger partial charge < -0.3 is 10.1 Å². The van der Waals surface area contributed by atoms with E-state index in [0.717, 1.165) is 31.9 Å². The molecule has 1 aliphatic rings. The highest BCUT2D eigenvalue weighted by molar-refractivity contribution is 5.78. The van der Waals surface area contributed by atoms with Crippen LogP contribution in [0.15, 0.2) is 18.2 Å². The van der Waals surface area contributed by atoms with Gasteiger partial charge >= 0.3 is 0 Å². The third kappa shape index (κ3) is 4.05. The smallest absolute Gasteiger partial charge is 0.234 e. The fraction of sp³-hybridized carbons (Fsp3) is 0.562. The molecule has 0 unspecified atom stereocenters. The molecule has 1 aromatic carbocycles. The molecular formula is C16H24N2O2. The van der Waals surface area contributed by atoms with E-state index in [1.54, 1.807) is 0 Å². The molecular weight excluding hydrogens is 252 g/mol. The van der Waals surface area contributed by atoms with Gasteiger partial charge in [0.1, 0.15) is 0 Å². The Morgan fingerprint density at radius 3 is 2.65 bits per heavy atom. The van der Waals surface area contributed by atoms with E-state index in [2.05, 4.69) is 42.3 Å². The average Bonchev–Trinajstić information content (AvgIpc) is 2.42. The second-order valence-corrected chi connectivity index (χ2v) is 5.52. The van der Waals surface area contributed by atoms with Gasteiger partial charge in [0, 0.05) is 13.1 Å². The number of hydrogen-bond donors (Lipinski definition) is 1. The Morgan fingerprint density at radius 2 is 2.00 bits per heavy atom. The number of carbonyl (C=O) groups is 1. The van der Waals surface area contributed by atoms with Crippen molar-refractivity contribution in [3.8, 4) is 0 Å². The molecule has 1 aromatic rings. The maximum absolute atomic E-state index is 12.1. The van der Waals surface area contributed by atoms with Crippen molar-refractivity contribution in [2.24, 2.45) is 0 Å².